The van der Waals surface area contributed by atoms with Gasteiger partial charge in [-0.3, -0.25) is 4.21 Å². The second-order valence-corrected chi connectivity index (χ2v) is 6.08. The number of nitrogens with one attached hydrogen (secondary N) is 2. The van der Waals surface area contributed by atoms with E-state index in [1.807, 2.05) is 6.92 Å². The summed E-state index contributed by atoms with van der Waals surface area (Å²) in [7, 11) is -0.903. The highest BCUT2D eigenvalue weighted by Gasteiger charge is 2.10. The first-order chi connectivity index (χ1) is 9.40. The van der Waals surface area contributed by atoms with Crippen LogP contribution in [0.15, 0.2) is 16.5 Å². The van der Waals surface area contributed by atoms with Gasteiger partial charge in [-0.05, 0) is 18.6 Å². The van der Waals surface area contributed by atoms with Gasteiger partial charge in [-0.15, -0.1) is 0 Å². The minimum absolute atomic E-state index is 0.0264. The highest BCUT2D eigenvalue weighted by atomic mass is 32.2. The van der Waals surface area contributed by atoms with Crippen molar-refractivity contribution in [1.82, 2.24) is 10.6 Å². The van der Waals surface area contributed by atoms with Gasteiger partial charge in [0, 0.05) is 28.9 Å². The van der Waals surface area contributed by atoms with Gasteiger partial charge >= 0.3 is 12.0 Å². The van der Waals surface area contributed by atoms with Crippen LogP contribution in [0, 0.1) is 0 Å². The number of carbonyl (C=O) groups excluding carboxylic acids is 1. The molecule has 0 aliphatic heterocycles. The Kier molecular flexibility index (Phi) is 6.23. The molecule has 0 fully saturated rings. The Morgan fingerprint density at radius 2 is 2.10 bits per heavy atom. The SMILES string of the molecule is CC(CCNC(=O)NCc1ccc(C(=O)O)o1)S(C)=O. The number of amides is 2. The molecule has 2 atom stereocenters. The largest absolute Gasteiger partial charge is 0.475 e. The van der Waals surface area contributed by atoms with Crippen LogP contribution >= 0.6 is 0 Å². The predicted octanol–water partition coefficient (Wildman–Crippen LogP) is 0.934. The van der Waals surface area contributed by atoms with Crippen molar-refractivity contribution in [2.24, 2.45) is 0 Å². The molecule has 8 heteroatoms. The summed E-state index contributed by atoms with van der Waals surface area (Å²) in [5, 5.41) is 13.9. The minimum Gasteiger partial charge on any atom is -0.475 e. The highest BCUT2D eigenvalue weighted by molar-refractivity contribution is 7.84. The van der Waals surface area contributed by atoms with E-state index >= 15 is 0 Å². The van der Waals surface area contributed by atoms with E-state index in [0.29, 0.717) is 18.7 Å². The van der Waals surface area contributed by atoms with Crippen molar-refractivity contribution in [3.05, 3.63) is 23.7 Å². The molecule has 0 aliphatic rings. The first-order valence-electron chi connectivity index (χ1n) is 6.06. The summed E-state index contributed by atoms with van der Waals surface area (Å²) in [6.45, 7) is 2.38. The molecule has 0 spiro atoms. The van der Waals surface area contributed by atoms with Crippen LogP contribution in [0.1, 0.15) is 29.7 Å². The third-order valence-electron chi connectivity index (χ3n) is 2.70. The fourth-order valence-corrected chi connectivity index (χ4v) is 1.82. The molecule has 20 heavy (non-hydrogen) atoms. The first kappa shape index (κ1) is 16.2. The van der Waals surface area contributed by atoms with E-state index in [0.717, 1.165) is 0 Å². The number of hydrogen-bond donors (Lipinski definition) is 3. The molecule has 2 amide bonds. The van der Waals surface area contributed by atoms with Gasteiger partial charge in [0.1, 0.15) is 5.76 Å². The van der Waals surface area contributed by atoms with Crippen LogP contribution in [0.3, 0.4) is 0 Å². The van der Waals surface area contributed by atoms with Crippen molar-refractivity contribution in [3.8, 4) is 0 Å². The van der Waals surface area contributed by atoms with Gasteiger partial charge in [0.15, 0.2) is 0 Å². The van der Waals surface area contributed by atoms with Gasteiger partial charge in [-0.2, -0.15) is 0 Å². The molecule has 0 bridgehead atoms. The lowest BCUT2D eigenvalue weighted by Crippen LogP contribution is -2.36. The number of rotatable bonds is 7. The number of carbonyl (C=O) groups is 2. The van der Waals surface area contributed by atoms with Crippen molar-refractivity contribution < 1.29 is 23.3 Å². The van der Waals surface area contributed by atoms with Crippen LogP contribution in [0.4, 0.5) is 4.79 Å². The van der Waals surface area contributed by atoms with E-state index in [9.17, 15) is 13.8 Å². The Labute approximate surface area is 119 Å². The lowest BCUT2D eigenvalue weighted by Gasteiger charge is -2.09. The van der Waals surface area contributed by atoms with Gasteiger partial charge in [0.05, 0.1) is 6.54 Å². The van der Waals surface area contributed by atoms with Gasteiger partial charge in [0.25, 0.3) is 0 Å². The third kappa shape index (κ3) is 5.43. The Morgan fingerprint density at radius 3 is 2.65 bits per heavy atom. The van der Waals surface area contributed by atoms with Crippen molar-refractivity contribution in [2.45, 2.75) is 25.1 Å². The molecule has 0 radical (unpaired) electrons. The molecule has 7 nitrogen and oxygen atoms in total. The zero-order chi connectivity index (χ0) is 15.1. The molecule has 1 aromatic rings. The zero-order valence-corrected chi connectivity index (χ0v) is 12.2. The monoisotopic (exact) mass is 302 g/mol. The van der Waals surface area contributed by atoms with Crippen LogP contribution in [-0.4, -0.2) is 39.4 Å². The smallest absolute Gasteiger partial charge is 0.371 e. The van der Waals surface area contributed by atoms with Crippen LogP contribution in [0.5, 0.6) is 0 Å². The van der Waals surface area contributed by atoms with Gasteiger partial charge < -0.3 is 20.2 Å². The molecule has 3 N–H and O–H groups in total. The van der Waals surface area contributed by atoms with Gasteiger partial charge in [-0.1, -0.05) is 6.92 Å². The van der Waals surface area contributed by atoms with E-state index in [4.69, 9.17) is 9.52 Å². The number of carboxylic acid groups (broad SMARTS) is 1. The summed E-state index contributed by atoms with van der Waals surface area (Å²) in [5.74, 6) is -0.954. The maximum atomic E-state index is 11.5. The van der Waals surface area contributed by atoms with E-state index < -0.39 is 16.8 Å². The summed E-state index contributed by atoms with van der Waals surface area (Å²) in [4.78, 5) is 22.0. The third-order valence-corrected chi connectivity index (χ3v) is 4.07. The zero-order valence-electron chi connectivity index (χ0n) is 11.3. The summed E-state index contributed by atoms with van der Waals surface area (Å²) in [6.07, 6.45) is 2.25. The van der Waals surface area contributed by atoms with Crippen molar-refractivity contribution in [3.63, 3.8) is 0 Å². The van der Waals surface area contributed by atoms with E-state index in [-0.39, 0.29) is 23.6 Å². The molecule has 0 aliphatic carbocycles. The van der Waals surface area contributed by atoms with E-state index in [2.05, 4.69) is 10.6 Å². The van der Waals surface area contributed by atoms with Crippen LogP contribution in [-0.2, 0) is 17.3 Å². The van der Waals surface area contributed by atoms with Crippen LogP contribution < -0.4 is 10.6 Å². The standard InChI is InChI=1S/C12H18N2O5S/c1-8(20(2)18)5-6-13-12(17)14-7-9-3-4-10(19-9)11(15)16/h3-4,8H,5-7H2,1-2H3,(H,15,16)(H2,13,14,17). The minimum atomic E-state index is -1.15. The number of carboxylic acids is 1. The van der Waals surface area contributed by atoms with Crippen LogP contribution in [0.25, 0.3) is 0 Å². The average Bonchev–Trinajstić information content (AvgIpc) is 2.85. The van der Waals surface area contributed by atoms with Crippen LogP contribution in [0.2, 0.25) is 0 Å². The quantitative estimate of drug-likeness (QED) is 0.694. The second kappa shape index (κ2) is 7.68. The highest BCUT2D eigenvalue weighted by Crippen LogP contribution is 2.07. The summed E-state index contributed by atoms with van der Waals surface area (Å²) >= 11 is 0. The lowest BCUT2D eigenvalue weighted by molar-refractivity contribution is 0.0660. The molecule has 112 valence electrons. The molecule has 1 aromatic heterocycles. The molecule has 0 aromatic carbocycles. The number of aromatic carboxylic acids is 1. The summed E-state index contributed by atoms with van der Waals surface area (Å²) in [5.41, 5.74) is 0. The molecular weight excluding hydrogens is 284 g/mol. The summed E-state index contributed by atoms with van der Waals surface area (Å²) in [6, 6.07) is 2.44. The topological polar surface area (TPSA) is 109 Å². The lowest BCUT2D eigenvalue weighted by atomic mass is 10.3. The number of furan rings is 1. The average molecular weight is 302 g/mol. The fourth-order valence-electron chi connectivity index (χ4n) is 1.37. The van der Waals surface area contributed by atoms with E-state index in [1.165, 1.54) is 12.1 Å². The maximum absolute atomic E-state index is 11.5. The molecule has 0 saturated carbocycles. The van der Waals surface area contributed by atoms with E-state index in [1.54, 1.807) is 6.26 Å². The predicted molar refractivity (Wildman–Crippen MR) is 74.1 cm³/mol. The second-order valence-electron chi connectivity index (χ2n) is 4.28. The molecule has 1 heterocycles. The van der Waals surface area contributed by atoms with Crippen molar-refractivity contribution in [1.29, 1.82) is 0 Å². The number of hydrogen-bond acceptors (Lipinski definition) is 4. The number of urea groups is 1. The fraction of sp³-hybridized carbons (Fsp3) is 0.500. The van der Waals surface area contributed by atoms with Crippen molar-refractivity contribution in [2.75, 3.05) is 12.8 Å². The Hall–Kier alpha value is -1.83. The van der Waals surface area contributed by atoms with Gasteiger partial charge in [-0.25, -0.2) is 9.59 Å². The van der Waals surface area contributed by atoms with Crippen molar-refractivity contribution >= 4 is 22.8 Å². The Morgan fingerprint density at radius 1 is 1.40 bits per heavy atom. The molecule has 0 saturated heterocycles. The molecule has 1 rings (SSSR count). The van der Waals surface area contributed by atoms with Gasteiger partial charge in [0.2, 0.25) is 5.76 Å². The molecular formula is C12H18N2O5S. The normalized spacial score (nSPS) is 13.5. The Balaban J connectivity index is 2.25. The maximum Gasteiger partial charge on any atom is 0.371 e. The molecule has 2 unspecified atom stereocenters. The Bertz CT molecular complexity index is 500. The summed E-state index contributed by atoms with van der Waals surface area (Å²) < 4.78 is 16.1. The first-order valence-corrected chi connectivity index (χ1v) is 7.68.